The average Bonchev–Trinajstić information content (AvgIpc) is 2.19. The van der Waals surface area contributed by atoms with Crippen LogP contribution in [0.5, 0.6) is 0 Å². The first-order chi connectivity index (χ1) is 7.50. The van der Waals surface area contributed by atoms with E-state index >= 15 is 0 Å². The highest BCUT2D eigenvalue weighted by molar-refractivity contribution is 6.35. The second-order valence-corrected chi connectivity index (χ2v) is 4.46. The van der Waals surface area contributed by atoms with Gasteiger partial charge in [-0.3, -0.25) is 0 Å². The van der Waals surface area contributed by atoms with Gasteiger partial charge in [-0.05, 0) is 12.3 Å². The number of anilines is 2. The van der Waals surface area contributed by atoms with Crippen LogP contribution in [0.2, 0.25) is 5.02 Å². The summed E-state index contributed by atoms with van der Waals surface area (Å²) in [7, 11) is 0. The summed E-state index contributed by atoms with van der Waals surface area (Å²) in [6.07, 6.45) is 1.64. The van der Waals surface area contributed by atoms with E-state index in [0.717, 1.165) is 6.42 Å². The van der Waals surface area contributed by atoms with Gasteiger partial charge in [0, 0.05) is 6.54 Å². The number of nitrogens with two attached hydrogens (primary N) is 1. The fourth-order valence-corrected chi connectivity index (χ4v) is 1.51. The fraction of sp³-hybridized carbons (Fsp3) is 0.600. The molecule has 1 rings (SSSR count). The molecular formula is C10H17ClN4O. The van der Waals surface area contributed by atoms with Crippen molar-refractivity contribution >= 4 is 23.2 Å². The zero-order chi connectivity index (χ0) is 12.1. The van der Waals surface area contributed by atoms with Gasteiger partial charge in [-0.1, -0.05) is 25.4 Å². The monoisotopic (exact) mass is 244 g/mol. The van der Waals surface area contributed by atoms with Crippen molar-refractivity contribution < 1.29 is 5.11 Å². The molecule has 0 aromatic carbocycles. The van der Waals surface area contributed by atoms with E-state index in [1.165, 1.54) is 6.33 Å². The molecule has 0 saturated heterocycles. The van der Waals surface area contributed by atoms with Gasteiger partial charge < -0.3 is 16.2 Å². The van der Waals surface area contributed by atoms with Crippen molar-refractivity contribution in [1.82, 2.24) is 9.97 Å². The summed E-state index contributed by atoms with van der Waals surface area (Å²) in [5, 5.41) is 12.9. The number of hydrogen-bond acceptors (Lipinski definition) is 5. The molecule has 0 aliphatic heterocycles. The maximum Gasteiger partial charge on any atom is 0.150 e. The van der Waals surface area contributed by atoms with Crippen molar-refractivity contribution in [3.63, 3.8) is 0 Å². The van der Waals surface area contributed by atoms with Crippen LogP contribution in [-0.2, 0) is 0 Å². The van der Waals surface area contributed by atoms with Crippen LogP contribution in [0.1, 0.15) is 20.3 Å². The normalized spacial score (nSPS) is 12.8. The van der Waals surface area contributed by atoms with E-state index in [0.29, 0.717) is 23.3 Å². The molecule has 1 heterocycles. The van der Waals surface area contributed by atoms with Crippen LogP contribution in [-0.4, -0.2) is 27.7 Å². The smallest absolute Gasteiger partial charge is 0.150 e. The van der Waals surface area contributed by atoms with E-state index in [1.807, 2.05) is 0 Å². The molecule has 4 N–H and O–H groups in total. The standard InChI is InChI=1S/C10H17ClN4O/c1-6(2)3-7(16)4-13-10-8(11)9(12)14-5-15-10/h5-7,16H,3-4H2,1-2H3,(H3,12,13,14,15). The van der Waals surface area contributed by atoms with E-state index in [4.69, 9.17) is 17.3 Å². The van der Waals surface area contributed by atoms with Gasteiger partial charge in [-0.2, -0.15) is 0 Å². The van der Waals surface area contributed by atoms with Gasteiger partial charge in [0.1, 0.15) is 17.2 Å². The Morgan fingerprint density at radius 3 is 2.81 bits per heavy atom. The number of nitrogen functional groups attached to an aromatic ring is 1. The van der Waals surface area contributed by atoms with E-state index in [1.54, 1.807) is 0 Å². The predicted octanol–water partition coefficient (Wildman–Crippen LogP) is 1.53. The van der Waals surface area contributed by atoms with Gasteiger partial charge in [0.05, 0.1) is 6.10 Å². The molecule has 5 nitrogen and oxygen atoms in total. The lowest BCUT2D eigenvalue weighted by Crippen LogP contribution is -2.22. The molecule has 0 bridgehead atoms. The number of rotatable bonds is 5. The quantitative estimate of drug-likeness (QED) is 0.732. The van der Waals surface area contributed by atoms with E-state index in [2.05, 4.69) is 29.1 Å². The largest absolute Gasteiger partial charge is 0.391 e. The number of aromatic nitrogens is 2. The Hall–Kier alpha value is -1.07. The van der Waals surface area contributed by atoms with Crippen LogP contribution >= 0.6 is 11.6 Å². The Bertz CT molecular complexity index is 346. The van der Waals surface area contributed by atoms with Gasteiger partial charge in [0.25, 0.3) is 0 Å². The fourth-order valence-electron chi connectivity index (χ4n) is 1.35. The molecule has 0 aliphatic carbocycles. The minimum atomic E-state index is -0.424. The molecule has 0 radical (unpaired) electrons. The van der Waals surface area contributed by atoms with Crippen LogP contribution < -0.4 is 11.1 Å². The lowest BCUT2D eigenvalue weighted by atomic mass is 10.1. The third-order valence-corrected chi connectivity index (χ3v) is 2.44. The second kappa shape index (κ2) is 5.86. The molecule has 6 heteroatoms. The van der Waals surface area contributed by atoms with Crippen LogP contribution in [0.4, 0.5) is 11.6 Å². The zero-order valence-corrected chi connectivity index (χ0v) is 10.2. The molecule has 1 unspecified atom stereocenters. The first-order valence-corrected chi connectivity index (χ1v) is 5.56. The average molecular weight is 245 g/mol. The van der Waals surface area contributed by atoms with E-state index in [-0.39, 0.29) is 5.82 Å². The Morgan fingerprint density at radius 2 is 2.19 bits per heavy atom. The molecule has 0 spiro atoms. The van der Waals surface area contributed by atoms with Gasteiger partial charge in [0.2, 0.25) is 0 Å². The predicted molar refractivity (Wildman–Crippen MR) is 65.4 cm³/mol. The summed E-state index contributed by atoms with van der Waals surface area (Å²) < 4.78 is 0. The highest BCUT2D eigenvalue weighted by atomic mass is 35.5. The Labute approximate surface area is 100 Å². The summed E-state index contributed by atoms with van der Waals surface area (Å²) >= 11 is 5.89. The summed E-state index contributed by atoms with van der Waals surface area (Å²) in [6.45, 7) is 4.51. The van der Waals surface area contributed by atoms with Crippen LogP contribution in [0.3, 0.4) is 0 Å². The van der Waals surface area contributed by atoms with Gasteiger partial charge >= 0.3 is 0 Å². The van der Waals surface area contributed by atoms with Crippen molar-refractivity contribution in [2.45, 2.75) is 26.4 Å². The molecule has 0 amide bonds. The second-order valence-electron chi connectivity index (χ2n) is 4.09. The number of aliphatic hydroxyl groups is 1. The number of hydrogen-bond donors (Lipinski definition) is 3. The SMILES string of the molecule is CC(C)CC(O)CNc1ncnc(N)c1Cl. The van der Waals surface area contributed by atoms with Crippen molar-refractivity contribution in [2.24, 2.45) is 5.92 Å². The Balaban J connectivity index is 2.51. The minimum absolute atomic E-state index is 0.234. The first-order valence-electron chi connectivity index (χ1n) is 5.18. The highest BCUT2D eigenvalue weighted by Crippen LogP contribution is 2.23. The van der Waals surface area contributed by atoms with E-state index in [9.17, 15) is 5.11 Å². The molecular weight excluding hydrogens is 228 g/mol. The maximum absolute atomic E-state index is 9.66. The first kappa shape index (κ1) is 13.0. The highest BCUT2D eigenvalue weighted by Gasteiger charge is 2.10. The molecule has 1 atom stereocenters. The minimum Gasteiger partial charge on any atom is -0.391 e. The summed E-state index contributed by atoms with van der Waals surface area (Å²) in [4.78, 5) is 7.69. The van der Waals surface area contributed by atoms with Crippen molar-refractivity contribution in [1.29, 1.82) is 0 Å². The van der Waals surface area contributed by atoms with Crippen molar-refractivity contribution in [3.05, 3.63) is 11.3 Å². The molecule has 1 aromatic rings. The van der Waals surface area contributed by atoms with Crippen LogP contribution in [0.25, 0.3) is 0 Å². The van der Waals surface area contributed by atoms with Crippen molar-refractivity contribution in [3.8, 4) is 0 Å². The third kappa shape index (κ3) is 3.83. The molecule has 0 saturated carbocycles. The number of nitrogens with one attached hydrogen (secondary N) is 1. The molecule has 90 valence electrons. The zero-order valence-electron chi connectivity index (χ0n) is 9.44. The van der Waals surface area contributed by atoms with Crippen LogP contribution in [0, 0.1) is 5.92 Å². The molecule has 1 aromatic heterocycles. The number of halogens is 1. The molecule has 16 heavy (non-hydrogen) atoms. The van der Waals surface area contributed by atoms with Gasteiger partial charge in [0.15, 0.2) is 5.82 Å². The van der Waals surface area contributed by atoms with Gasteiger partial charge in [-0.15, -0.1) is 0 Å². The molecule has 0 aliphatic rings. The number of aliphatic hydroxyl groups excluding tert-OH is 1. The summed E-state index contributed by atoms with van der Waals surface area (Å²) in [5.74, 6) is 1.14. The summed E-state index contributed by atoms with van der Waals surface area (Å²) in [6, 6.07) is 0. The number of nitrogens with zero attached hydrogens (tertiary/aromatic N) is 2. The summed E-state index contributed by atoms with van der Waals surface area (Å²) in [5.41, 5.74) is 5.52. The Morgan fingerprint density at radius 1 is 1.50 bits per heavy atom. The lowest BCUT2D eigenvalue weighted by molar-refractivity contribution is 0.161. The Kier molecular flexibility index (Phi) is 4.76. The van der Waals surface area contributed by atoms with Crippen LogP contribution in [0.15, 0.2) is 6.33 Å². The third-order valence-electron chi connectivity index (χ3n) is 2.07. The van der Waals surface area contributed by atoms with Gasteiger partial charge in [-0.25, -0.2) is 9.97 Å². The van der Waals surface area contributed by atoms with E-state index < -0.39 is 6.10 Å². The topological polar surface area (TPSA) is 84.1 Å². The maximum atomic E-state index is 9.66. The van der Waals surface area contributed by atoms with Crippen molar-refractivity contribution in [2.75, 3.05) is 17.6 Å². The molecule has 0 fully saturated rings. The lowest BCUT2D eigenvalue weighted by Gasteiger charge is -2.14.